The molecule has 5 heteroatoms. The molecule has 0 unspecified atom stereocenters. The minimum absolute atomic E-state index is 0.203. The molecule has 1 fully saturated rings. The smallest absolute Gasteiger partial charge is 0.324 e. The molecule has 0 radical (unpaired) electrons. The van der Waals surface area contributed by atoms with E-state index in [4.69, 9.17) is 11.6 Å². The molecular formula is C13H15ClN2O2. The third-order valence-corrected chi connectivity index (χ3v) is 3.34. The SMILES string of the molecule is Cc1ccc(Cl)c(CN2C(=O)NC(C)(C)C2=O)c1. The van der Waals surface area contributed by atoms with Crippen molar-refractivity contribution in [2.24, 2.45) is 0 Å². The Kier molecular flexibility index (Phi) is 3.07. The molecule has 0 atom stereocenters. The van der Waals surface area contributed by atoms with Gasteiger partial charge < -0.3 is 5.32 Å². The third-order valence-electron chi connectivity index (χ3n) is 2.97. The van der Waals surface area contributed by atoms with E-state index >= 15 is 0 Å². The Bertz CT molecular complexity index is 526. The van der Waals surface area contributed by atoms with Gasteiger partial charge in [0.1, 0.15) is 5.54 Å². The quantitative estimate of drug-likeness (QED) is 0.836. The second kappa shape index (κ2) is 4.28. The summed E-state index contributed by atoms with van der Waals surface area (Å²) in [7, 11) is 0. The third kappa shape index (κ3) is 2.20. The van der Waals surface area contributed by atoms with Gasteiger partial charge in [0.15, 0.2) is 0 Å². The van der Waals surface area contributed by atoms with Crippen LogP contribution in [0, 0.1) is 6.92 Å². The Morgan fingerprint density at radius 3 is 2.56 bits per heavy atom. The van der Waals surface area contributed by atoms with E-state index in [1.165, 1.54) is 4.90 Å². The predicted octanol–water partition coefficient (Wildman–Crippen LogP) is 2.48. The first kappa shape index (κ1) is 12.9. The number of rotatable bonds is 2. The molecule has 0 bridgehead atoms. The fourth-order valence-electron chi connectivity index (χ4n) is 1.96. The van der Waals surface area contributed by atoms with Crippen molar-refractivity contribution in [2.75, 3.05) is 0 Å². The zero-order chi connectivity index (χ0) is 13.5. The van der Waals surface area contributed by atoms with E-state index in [0.717, 1.165) is 11.1 Å². The van der Waals surface area contributed by atoms with Gasteiger partial charge in [0.25, 0.3) is 5.91 Å². The largest absolute Gasteiger partial charge is 0.325 e. The summed E-state index contributed by atoms with van der Waals surface area (Å²) in [5, 5.41) is 3.20. The molecule has 2 rings (SSSR count). The maximum atomic E-state index is 12.0. The van der Waals surface area contributed by atoms with Gasteiger partial charge in [-0.05, 0) is 32.4 Å². The molecule has 0 saturated carbocycles. The van der Waals surface area contributed by atoms with Gasteiger partial charge in [-0.15, -0.1) is 0 Å². The van der Waals surface area contributed by atoms with Crippen molar-refractivity contribution in [1.82, 2.24) is 10.2 Å². The molecule has 0 aliphatic carbocycles. The predicted molar refractivity (Wildman–Crippen MR) is 69.3 cm³/mol. The Hall–Kier alpha value is -1.55. The topological polar surface area (TPSA) is 49.4 Å². The van der Waals surface area contributed by atoms with Crippen LogP contribution in [0.2, 0.25) is 5.02 Å². The first-order chi connectivity index (χ1) is 8.31. The van der Waals surface area contributed by atoms with E-state index in [1.807, 2.05) is 19.1 Å². The molecule has 1 aliphatic rings. The van der Waals surface area contributed by atoms with Gasteiger partial charge in [0.05, 0.1) is 6.54 Å². The Morgan fingerprint density at radius 2 is 2.00 bits per heavy atom. The molecule has 1 aromatic carbocycles. The average Bonchev–Trinajstić information content (AvgIpc) is 2.46. The molecule has 0 aromatic heterocycles. The van der Waals surface area contributed by atoms with E-state index in [2.05, 4.69) is 5.32 Å². The number of hydrogen-bond acceptors (Lipinski definition) is 2. The monoisotopic (exact) mass is 266 g/mol. The van der Waals surface area contributed by atoms with Crippen LogP contribution in [-0.4, -0.2) is 22.4 Å². The van der Waals surface area contributed by atoms with Crippen molar-refractivity contribution in [3.8, 4) is 0 Å². The van der Waals surface area contributed by atoms with E-state index in [-0.39, 0.29) is 18.5 Å². The highest BCUT2D eigenvalue weighted by molar-refractivity contribution is 6.31. The fraction of sp³-hybridized carbons (Fsp3) is 0.385. The highest BCUT2D eigenvalue weighted by atomic mass is 35.5. The molecule has 18 heavy (non-hydrogen) atoms. The van der Waals surface area contributed by atoms with Crippen molar-refractivity contribution in [2.45, 2.75) is 32.9 Å². The van der Waals surface area contributed by atoms with Crippen molar-refractivity contribution in [3.63, 3.8) is 0 Å². The first-order valence-electron chi connectivity index (χ1n) is 5.70. The number of benzene rings is 1. The highest BCUT2D eigenvalue weighted by Gasteiger charge is 2.44. The zero-order valence-electron chi connectivity index (χ0n) is 10.6. The van der Waals surface area contributed by atoms with Gasteiger partial charge in [-0.1, -0.05) is 29.3 Å². The van der Waals surface area contributed by atoms with Crippen LogP contribution >= 0.6 is 11.6 Å². The number of urea groups is 1. The van der Waals surface area contributed by atoms with E-state index in [0.29, 0.717) is 5.02 Å². The summed E-state index contributed by atoms with van der Waals surface area (Å²) < 4.78 is 0. The summed E-state index contributed by atoms with van der Waals surface area (Å²) in [5.41, 5.74) is 0.978. The standard InChI is InChI=1S/C13H15ClN2O2/c1-8-4-5-10(14)9(6-8)7-16-11(17)13(2,3)15-12(16)18/h4-6H,7H2,1-3H3,(H,15,18). The van der Waals surface area contributed by atoms with Gasteiger partial charge in [-0.2, -0.15) is 0 Å². The van der Waals surface area contributed by atoms with Crippen molar-refractivity contribution < 1.29 is 9.59 Å². The number of nitrogens with zero attached hydrogens (tertiary/aromatic N) is 1. The van der Waals surface area contributed by atoms with Gasteiger partial charge in [0, 0.05) is 5.02 Å². The van der Waals surface area contributed by atoms with Crippen LogP contribution in [0.4, 0.5) is 4.79 Å². The Balaban J connectivity index is 2.27. The molecule has 0 spiro atoms. The van der Waals surface area contributed by atoms with Crippen molar-refractivity contribution in [1.29, 1.82) is 0 Å². The van der Waals surface area contributed by atoms with E-state index < -0.39 is 5.54 Å². The molecule has 1 N–H and O–H groups in total. The van der Waals surface area contributed by atoms with Crippen LogP contribution in [-0.2, 0) is 11.3 Å². The Labute approximate surface area is 111 Å². The van der Waals surface area contributed by atoms with Crippen LogP contribution < -0.4 is 5.32 Å². The van der Waals surface area contributed by atoms with Gasteiger partial charge >= 0.3 is 6.03 Å². The second-order valence-corrected chi connectivity index (χ2v) is 5.45. The summed E-state index contributed by atoms with van der Waals surface area (Å²) in [4.78, 5) is 25.0. The molecule has 1 aliphatic heterocycles. The van der Waals surface area contributed by atoms with Gasteiger partial charge in [-0.3, -0.25) is 9.69 Å². The van der Waals surface area contributed by atoms with Crippen LogP contribution in [0.3, 0.4) is 0 Å². The number of nitrogens with one attached hydrogen (secondary N) is 1. The number of imide groups is 1. The van der Waals surface area contributed by atoms with Crippen LogP contribution in [0.15, 0.2) is 18.2 Å². The maximum absolute atomic E-state index is 12.0. The molecule has 1 aromatic rings. The Morgan fingerprint density at radius 1 is 1.33 bits per heavy atom. The number of hydrogen-bond donors (Lipinski definition) is 1. The van der Waals surface area contributed by atoms with Gasteiger partial charge in [-0.25, -0.2) is 4.79 Å². The van der Waals surface area contributed by atoms with Crippen LogP contribution in [0.1, 0.15) is 25.0 Å². The number of halogens is 1. The summed E-state index contributed by atoms with van der Waals surface area (Å²) in [6.07, 6.45) is 0. The zero-order valence-corrected chi connectivity index (χ0v) is 11.3. The minimum Gasteiger partial charge on any atom is -0.324 e. The second-order valence-electron chi connectivity index (χ2n) is 5.04. The lowest BCUT2D eigenvalue weighted by Gasteiger charge is -2.16. The summed E-state index contributed by atoms with van der Waals surface area (Å²) in [6, 6.07) is 5.17. The molecule has 1 saturated heterocycles. The van der Waals surface area contributed by atoms with Crippen LogP contribution in [0.25, 0.3) is 0 Å². The van der Waals surface area contributed by atoms with Crippen LogP contribution in [0.5, 0.6) is 0 Å². The highest BCUT2D eigenvalue weighted by Crippen LogP contribution is 2.23. The number of aryl methyl sites for hydroxylation is 1. The van der Waals surface area contributed by atoms with E-state index in [9.17, 15) is 9.59 Å². The average molecular weight is 267 g/mol. The lowest BCUT2D eigenvalue weighted by atomic mass is 10.1. The number of carbonyl (C=O) groups excluding carboxylic acids is 2. The van der Waals surface area contributed by atoms with Gasteiger partial charge in [0.2, 0.25) is 0 Å². The normalized spacial score (nSPS) is 18.1. The number of carbonyl (C=O) groups is 2. The molecule has 3 amide bonds. The first-order valence-corrected chi connectivity index (χ1v) is 6.08. The number of amides is 3. The maximum Gasteiger partial charge on any atom is 0.325 e. The summed E-state index contributed by atoms with van der Waals surface area (Å²) in [5.74, 6) is -0.231. The van der Waals surface area contributed by atoms with E-state index in [1.54, 1.807) is 19.9 Å². The lowest BCUT2D eigenvalue weighted by Crippen LogP contribution is -2.40. The lowest BCUT2D eigenvalue weighted by molar-refractivity contribution is -0.130. The molecule has 1 heterocycles. The minimum atomic E-state index is -0.840. The van der Waals surface area contributed by atoms with Crippen molar-refractivity contribution in [3.05, 3.63) is 34.3 Å². The van der Waals surface area contributed by atoms with Crippen molar-refractivity contribution >= 4 is 23.5 Å². The molecule has 96 valence electrons. The fourth-order valence-corrected chi connectivity index (χ4v) is 2.13. The molecule has 4 nitrogen and oxygen atoms in total. The summed E-state index contributed by atoms with van der Waals surface area (Å²) in [6.45, 7) is 5.51. The molecular weight excluding hydrogens is 252 g/mol. The summed E-state index contributed by atoms with van der Waals surface area (Å²) >= 11 is 6.07.